The molecule has 1 N–H and O–H groups in total. The molecule has 1 aliphatic rings. The van der Waals surface area contributed by atoms with E-state index in [1.165, 1.54) is 4.90 Å². The number of nitrogens with one attached hydrogen (secondary N) is 1. The van der Waals surface area contributed by atoms with Crippen LogP contribution in [-0.4, -0.2) is 43.1 Å². The highest BCUT2D eigenvalue weighted by atomic mass is 16.6. The van der Waals surface area contributed by atoms with Gasteiger partial charge in [-0.1, -0.05) is 23.8 Å². The Morgan fingerprint density at radius 2 is 2.05 bits per heavy atom. The van der Waals surface area contributed by atoms with Crippen LogP contribution in [0.5, 0.6) is 0 Å². The van der Waals surface area contributed by atoms with Gasteiger partial charge < -0.3 is 15.0 Å². The average molecular weight is 294 g/mol. The molecule has 0 spiro atoms. The van der Waals surface area contributed by atoms with Gasteiger partial charge in [-0.05, 0) is 33.6 Å². The molecule has 5 nitrogen and oxygen atoms in total. The van der Waals surface area contributed by atoms with Crippen LogP contribution in [0.4, 0.5) is 4.79 Å². The number of rotatable bonds is 4. The summed E-state index contributed by atoms with van der Waals surface area (Å²) in [4.78, 5) is 25.5. The van der Waals surface area contributed by atoms with Crippen molar-refractivity contribution in [2.45, 2.75) is 39.2 Å². The molecule has 0 saturated heterocycles. The Hall–Kier alpha value is -1.78. The monoisotopic (exact) mass is 294 g/mol. The molecule has 0 saturated carbocycles. The van der Waals surface area contributed by atoms with Gasteiger partial charge in [-0.3, -0.25) is 4.79 Å². The summed E-state index contributed by atoms with van der Waals surface area (Å²) in [5.74, 6) is -0.721. The van der Waals surface area contributed by atoms with Crippen molar-refractivity contribution in [2.24, 2.45) is 5.92 Å². The van der Waals surface area contributed by atoms with Crippen LogP contribution in [0.1, 0.15) is 33.6 Å². The van der Waals surface area contributed by atoms with Gasteiger partial charge in [-0.2, -0.15) is 0 Å². The number of esters is 1. The van der Waals surface area contributed by atoms with Gasteiger partial charge in [0.1, 0.15) is 5.60 Å². The van der Waals surface area contributed by atoms with E-state index in [0.29, 0.717) is 0 Å². The molecule has 0 aliphatic heterocycles. The minimum absolute atomic E-state index is 0.212. The zero-order valence-electron chi connectivity index (χ0n) is 13.6. The van der Waals surface area contributed by atoms with Crippen molar-refractivity contribution in [3.05, 3.63) is 23.8 Å². The molecule has 2 amide bonds. The average Bonchev–Trinajstić information content (AvgIpc) is 2.37. The summed E-state index contributed by atoms with van der Waals surface area (Å²) in [5, 5.41) is 2.77. The maximum Gasteiger partial charge on any atom is 0.316 e. The first kappa shape index (κ1) is 17.3. The lowest BCUT2D eigenvalue weighted by Gasteiger charge is -2.26. The molecule has 1 aliphatic carbocycles. The molecule has 0 aromatic heterocycles. The number of amides is 2. The number of allylic oxidation sites excluding steroid dienone is 3. The van der Waals surface area contributed by atoms with Gasteiger partial charge in [-0.15, -0.1) is 0 Å². The summed E-state index contributed by atoms with van der Waals surface area (Å²) in [5.41, 5.74) is 0.470. The number of urea groups is 1. The standard InChI is InChI=1S/C16H26N2O3/c1-16(2,3)21-14(19)13(11-17-15(20)18(4)5)12-9-7-6-8-10-12/h6-7,9,13H,8,10-11H2,1-5H3,(H,17,20). The van der Waals surface area contributed by atoms with Gasteiger partial charge in [0.25, 0.3) is 0 Å². The summed E-state index contributed by atoms with van der Waals surface area (Å²) < 4.78 is 5.48. The highest BCUT2D eigenvalue weighted by Crippen LogP contribution is 2.23. The molecule has 1 unspecified atom stereocenters. The summed E-state index contributed by atoms with van der Waals surface area (Å²) in [7, 11) is 3.33. The Bertz CT molecular complexity index is 445. The fourth-order valence-corrected chi connectivity index (χ4v) is 2.00. The Labute approximate surface area is 127 Å². The van der Waals surface area contributed by atoms with Crippen molar-refractivity contribution >= 4 is 12.0 Å². The molecule has 0 aromatic rings. The fourth-order valence-electron chi connectivity index (χ4n) is 2.00. The molecule has 1 atom stereocenters. The van der Waals surface area contributed by atoms with Gasteiger partial charge >= 0.3 is 12.0 Å². The smallest absolute Gasteiger partial charge is 0.316 e. The van der Waals surface area contributed by atoms with Crippen LogP contribution in [0, 0.1) is 5.92 Å². The molecule has 5 heteroatoms. The van der Waals surface area contributed by atoms with E-state index in [0.717, 1.165) is 18.4 Å². The molecule has 0 heterocycles. The van der Waals surface area contributed by atoms with Crippen LogP contribution in [0.15, 0.2) is 23.8 Å². The van der Waals surface area contributed by atoms with E-state index in [9.17, 15) is 9.59 Å². The van der Waals surface area contributed by atoms with Gasteiger partial charge in [0.05, 0.1) is 5.92 Å². The topological polar surface area (TPSA) is 58.6 Å². The van der Waals surface area contributed by atoms with Crippen LogP contribution >= 0.6 is 0 Å². The van der Waals surface area contributed by atoms with Crippen molar-refractivity contribution in [2.75, 3.05) is 20.6 Å². The summed E-state index contributed by atoms with van der Waals surface area (Å²) in [6, 6.07) is -0.212. The van der Waals surface area contributed by atoms with E-state index in [4.69, 9.17) is 4.74 Å². The van der Waals surface area contributed by atoms with E-state index < -0.39 is 11.5 Å². The molecule has 0 radical (unpaired) electrons. The Balaban J connectivity index is 2.79. The van der Waals surface area contributed by atoms with E-state index in [2.05, 4.69) is 11.4 Å². The van der Waals surface area contributed by atoms with Crippen LogP contribution in [0.2, 0.25) is 0 Å². The summed E-state index contributed by atoms with van der Waals surface area (Å²) in [6.07, 6.45) is 7.68. The second-order valence-electron chi connectivity index (χ2n) is 6.37. The third-order valence-electron chi connectivity index (χ3n) is 3.05. The summed E-state index contributed by atoms with van der Waals surface area (Å²) >= 11 is 0. The SMILES string of the molecule is CN(C)C(=O)NCC(C(=O)OC(C)(C)C)C1=CC=CCC1. The van der Waals surface area contributed by atoms with Crippen molar-refractivity contribution < 1.29 is 14.3 Å². The van der Waals surface area contributed by atoms with Crippen molar-refractivity contribution in [1.82, 2.24) is 10.2 Å². The third kappa shape index (κ3) is 6.02. The highest BCUT2D eigenvalue weighted by Gasteiger charge is 2.28. The molecule has 0 aromatic carbocycles. The highest BCUT2D eigenvalue weighted by molar-refractivity contribution is 5.79. The Morgan fingerprint density at radius 3 is 2.52 bits per heavy atom. The largest absolute Gasteiger partial charge is 0.459 e. The predicted octanol–water partition coefficient (Wildman–Crippen LogP) is 2.49. The van der Waals surface area contributed by atoms with Crippen LogP contribution < -0.4 is 5.32 Å². The molecule has 0 bridgehead atoms. The zero-order valence-corrected chi connectivity index (χ0v) is 13.6. The lowest BCUT2D eigenvalue weighted by Crippen LogP contribution is -2.41. The molecule has 1 rings (SSSR count). The van der Waals surface area contributed by atoms with Crippen molar-refractivity contribution in [1.29, 1.82) is 0 Å². The number of carbonyl (C=O) groups is 2. The minimum atomic E-state index is -0.536. The maximum absolute atomic E-state index is 12.4. The first-order valence-electron chi connectivity index (χ1n) is 7.24. The number of carbonyl (C=O) groups excluding carboxylic acids is 2. The lowest BCUT2D eigenvalue weighted by atomic mass is 9.91. The van der Waals surface area contributed by atoms with E-state index in [1.807, 2.05) is 32.9 Å². The van der Waals surface area contributed by atoms with E-state index >= 15 is 0 Å². The molecule has 21 heavy (non-hydrogen) atoms. The minimum Gasteiger partial charge on any atom is -0.459 e. The van der Waals surface area contributed by atoms with Gasteiger partial charge in [0, 0.05) is 20.6 Å². The van der Waals surface area contributed by atoms with Gasteiger partial charge in [-0.25, -0.2) is 4.79 Å². The fraction of sp³-hybridized carbons (Fsp3) is 0.625. The Kier molecular flexibility index (Phi) is 6.00. The molecular formula is C16H26N2O3. The molecular weight excluding hydrogens is 268 g/mol. The summed E-state index contributed by atoms with van der Waals surface area (Å²) in [6.45, 7) is 5.78. The maximum atomic E-state index is 12.4. The van der Waals surface area contributed by atoms with Gasteiger partial charge in [0.2, 0.25) is 0 Å². The number of hydrogen-bond acceptors (Lipinski definition) is 3. The Morgan fingerprint density at radius 1 is 1.38 bits per heavy atom. The second-order valence-corrected chi connectivity index (χ2v) is 6.37. The number of ether oxygens (including phenoxy) is 1. The lowest BCUT2D eigenvalue weighted by molar-refractivity contribution is -0.158. The number of nitrogens with zero attached hydrogens (tertiary/aromatic N) is 1. The first-order chi connectivity index (χ1) is 9.70. The zero-order chi connectivity index (χ0) is 16.0. The van der Waals surface area contributed by atoms with Crippen LogP contribution in [-0.2, 0) is 9.53 Å². The van der Waals surface area contributed by atoms with E-state index in [1.54, 1.807) is 14.1 Å². The van der Waals surface area contributed by atoms with Crippen molar-refractivity contribution in [3.63, 3.8) is 0 Å². The molecule has 0 fully saturated rings. The van der Waals surface area contributed by atoms with E-state index in [-0.39, 0.29) is 18.5 Å². The quantitative estimate of drug-likeness (QED) is 0.810. The first-order valence-corrected chi connectivity index (χ1v) is 7.24. The van der Waals surface area contributed by atoms with Crippen molar-refractivity contribution in [3.8, 4) is 0 Å². The third-order valence-corrected chi connectivity index (χ3v) is 3.05. The number of hydrogen-bond donors (Lipinski definition) is 1. The van der Waals surface area contributed by atoms with Crippen LogP contribution in [0.3, 0.4) is 0 Å². The molecule has 118 valence electrons. The normalized spacial score (nSPS) is 16.0. The predicted molar refractivity (Wildman–Crippen MR) is 82.9 cm³/mol. The van der Waals surface area contributed by atoms with Gasteiger partial charge in [0.15, 0.2) is 0 Å². The second kappa shape index (κ2) is 7.29. The van der Waals surface area contributed by atoms with Crippen LogP contribution in [0.25, 0.3) is 0 Å².